The highest BCUT2D eigenvalue weighted by Gasteiger charge is 2.14. The SMILES string of the molecule is NC(c1ccncc1Cl)c1cccc2ccccc12. The molecule has 0 radical (unpaired) electrons. The Hall–Kier alpha value is -1.90. The largest absolute Gasteiger partial charge is 0.320 e. The quantitative estimate of drug-likeness (QED) is 0.765. The highest BCUT2D eigenvalue weighted by atomic mass is 35.5. The lowest BCUT2D eigenvalue weighted by Crippen LogP contribution is -2.13. The van der Waals surface area contributed by atoms with Crippen molar-refractivity contribution in [1.82, 2.24) is 4.98 Å². The van der Waals surface area contributed by atoms with Crippen LogP contribution in [0.2, 0.25) is 5.02 Å². The molecule has 3 aromatic rings. The molecule has 1 heterocycles. The van der Waals surface area contributed by atoms with E-state index in [0.29, 0.717) is 5.02 Å². The van der Waals surface area contributed by atoms with Crippen LogP contribution in [-0.2, 0) is 0 Å². The number of pyridine rings is 1. The summed E-state index contributed by atoms with van der Waals surface area (Å²) in [5.41, 5.74) is 8.34. The van der Waals surface area contributed by atoms with E-state index in [1.54, 1.807) is 12.4 Å². The third-order valence-electron chi connectivity index (χ3n) is 3.30. The Morgan fingerprint density at radius 2 is 1.74 bits per heavy atom. The van der Waals surface area contributed by atoms with E-state index in [2.05, 4.69) is 23.2 Å². The van der Waals surface area contributed by atoms with Crippen molar-refractivity contribution in [2.24, 2.45) is 5.73 Å². The Kier molecular flexibility index (Phi) is 3.20. The van der Waals surface area contributed by atoms with Crippen LogP contribution in [0.15, 0.2) is 60.9 Å². The van der Waals surface area contributed by atoms with Crippen LogP contribution in [0, 0.1) is 0 Å². The van der Waals surface area contributed by atoms with Gasteiger partial charge in [0.15, 0.2) is 0 Å². The summed E-state index contributed by atoms with van der Waals surface area (Å²) in [6.07, 6.45) is 3.34. The molecule has 0 bridgehead atoms. The van der Waals surface area contributed by atoms with Crippen LogP contribution in [0.4, 0.5) is 0 Å². The topological polar surface area (TPSA) is 38.9 Å². The Labute approximate surface area is 116 Å². The van der Waals surface area contributed by atoms with Gasteiger partial charge in [0.05, 0.1) is 11.1 Å². The third kappa shape index (κ3) is 2.21. The van der Waals surface area contributed by atoms with Crippen LogP contribution in [0.5, 0.6) is 0 Å². The zero-order chi connectivity index (χ0) is 13.2. The predicted molar refractivity (Wildman–Crippen MR) is 79.2 cm³/mol. The first kappa shape index (κ1) is 12.2. The summed E-state index contributed by atoms with van der Waals surface area (Å²) in [5.74, 6) is 0. The number of rotatable bonds is 2. The number of halogens is 1. The van der Waals surface area contributed by atoms with Crippen LogP contribution in [0.3, 0.4) is 0 Å². The minimum atomic E-state index is -0.249. The molecule has 19 heavy (non-hydrogen) atoms. The highest BCUT2D eigenvalue weighted by Crippen LogP contribution is 2.30. The maximum atomic E-state index is 6.37. The van der Waals surface area contributed by atoms with Crippen molar-refractivity contribution in [3.05, 3.63) is 77.1 Å². The Balaban J connectivity index is 2.17. The summed E-state index contributed by atoms with van der Waals surface area (Å²) in [4.78, 5) is 4.00. The second-order valence-corrected chi connectivity index (χ2v) is 4.85. The van der Waals surface area contributed by atoms with Crippen molar-refractivity contribution in [1.29, 1.82) is 0 Å². The van der Waals surface area contributed by atoms with Crippen molar-refractivity contribution in [3.8, 4) is 0 Å². The Bertz CT molecular complexity index is 719. The van der Waals surface area contributed by atoms with E-state index >= 15 is 0 Å². The fourth-order valence-electron chi connectivity index (χ4n) is 2.33. The summed E-state index contributed by atoms with van der Waals surface area (Å²) < 4.78 is 0. The van der Waals surface area contributed by atoms with Crippen LogP contribution in [0.1, 0.15) is 17.2 Å². The Morgan fingerprint density at radius 1 is 0.947 bits per heavy atom. The van der Waals surface area contributed by atoms with E-state index < -0.39 is 0 Å². The number of fused-ring (bicyclic) bond motifs is 1. The van der Waals surface area contributed by atoms with Gasteiger partial charge in [-0.15, -0.1) is 0 Å². The fourth-order valence-corrected chi connectivity index (χ4v) is 2.56. The lowest BCUT2D eigenvalue weighted by molar-refractivity contribution is 0.877. The summed E-state index contributed by atoms with van der Waals surface area (Å²) in [7, 11) is 0. The molecule has 0 saturated carbocycles. The summed E-state index contributed by atoms with van der Waals surface area (Å²) in [5, 5.41) is 2.94. The molecule has 94 valence electrons. The van der Waals surface area contributed by atoms with Gasteiger partial charge in [0.25, 0.3) is 0 Å². The molecule has 2 aromatic carbocycles. The second-order valence-electron chi connectivity index (χ2n) is 4.44. The molecule has 0 aliphatic heterocycles. The number of nitrogens with two attached hydrogens (primary N) is 1. The molecule has 1 unspecified atom stereocenters. The first-order valence-corrected chi connectivity index (χ1v) is 6.48. The molecule has 0 spiro atoms. The average molecular weight is 269 g/mol. The van der Waals surface area contributed by atoms with Crippen LogP contribution >= 0.6 is 11.6 Å². The number of benzene rings is 2. The van der Waals surface area contributed by atoms with Crippen molar-refractivity contribution >= 4 is 22.4 Å². The third-order valence-corrected chi connectivity index (χ3v) is 3.61. The van der Waals surface area contributed by atoms with Gasteiger partial charge in [-0.1, -0.05) is 54.1 Å². The van der Waals surface area contributed by atoms with Crippen LogP contribution in [0.25, 0.3) is 10.8 Å². The first-order valence-electron chi connectivity index (χ1n) is 6.10. The molecule has 2 N–H and O–H groups in total. The number of nitrogens with zero attached hydrogens (tertiary/aromatic N) is 1. The molecule has 0 saturated heterocycles. The lowest BCUT2D eigenvalue weighted by atomic mass is 9.95. The number of hydrogen-bond acceptors (Lipinski definition) is 2. The standard InChI is InChI=1S/C16H13ClN2/c17-15-10-19-9-8-14(15)16(18)13-7-3-5-11-4-1-2-6-12(11)13/h1-10,16H,18H2. The number of hydrogen-bond donors (Lipinski definition) is 1. The van der Waals surface area contributed by atoms with Gasteiger partial charge < -0.3 is 5.73 Å². The zero-order valence-corrected chi connectivity index (χ0v) is 11.0. The molecule has 0 aliphatic rings. The molecular formula is C16H13ClN2. The second kappa shape index (κ2) is 5.00. The highest BCUT2D eigenvalue weighted by molar-refractivity contribution is 6.31. The molecular weight excluding hydrogens is 256 g/mol. The maximum Gasteiger partial charge on any atom is 0.0640 e. The van der Waals surface area contributed by atoms with E-state index in [-0.39, 0.29) is 6.04 Å². The lowest BCUT2D eigenvalue weighted by Gasteiger charge is -2.16. The van der Waals surface area contributed by atoms with Gasteiger partial charge in [-0.25, -0.2) is 0 Å². The van der Waals surface area contributed by atoms with Gasteiger partial charge in [-0.3, -0.25) is 4.98 Å². The van der Waals surface area contributed by atoms with Crippen molar-refractivity contribution in [2.45, 2.75) is 6.04 Å². The molecule has 0 amide bonds. The van der Waals surface area contributed by atoms with Crippen molar-refractivity contribution in [2.75, 3.05) is 0 Å². The molecule has 3 rings (SSSR count). The predicted octanol–water partition coefficient (Wildman–Crippen LogP) is 3.94. The summed E-state index contributed by atoms with van der Waals surface area (Å²) >= 11 is 6.18. The van der Waals surface area contributed by atoms with Crippen molar-refractivity contribution < 1.29 is 0 Å². The molecule has 0 aliphatic carbocycles. The van der Waals surface area contributed by atoms with E-state index in [1.807, 2.05) is 30.3 Å². The van der Waals surface area contributed by atoms with E-state index in [4.69, 9.17) is 17.3 Å². The van der Waals surface area contributed by atoms with Crippen LogP contribution in [-0.4, -0.2) is 4.98 Å². The maximum absolute atomic E-state index is 6.37. The van der Waals surface area contributed by atoms with Crippen molar-refractivity contribution in [3.63, 3.8) is 0 Å². The minimum absolute atomic E-state index is 0.249. The van der Waals surface area contributed by atoms with E-state index in [1.165, 1.54) is 5.39 Å². The number of aromatic nitrogens is 1. The summed E-state index contributed by atoms with van der Waals surface area (Å²) in [6, 6.07) is 16.0. The van der Waals surface area contributed by atoms with Gasteiger partial charge in [-0.2, -0.15) is 0 Å². The van der Waals surface area contributed by atoms with E-state index in [0.717, 1.165) is 16.5 Å². The van der Waals surface area contributed by atoms with Gasteiger partial charge in [0, 0.05) is 12.4 Å². The minimum Gasteiger partial charge on any atom is -0.320 e. The molecule has 1 atom stereocenters. The van der Waals surface area contributed by atoms with Gasteiger partial charge in [0.1, 0.15) is 0 Å². The molecule has 1 aromatic heterocycles. The van der Waals surface area contributed by atoms with Crippen LogP contribution < -0.4 is 5.73 Å². The van der Waals surface area contributed by atoms with Gasteiger partial charge in [0.2, 0.25) is 0 Å². The Morgan fingerprint density at radius 3 is 2.58 bits per heavy atom. The van der Waals surface area contributed by atoms with Gasteiger partial charge >= 0.3 is 0 Å². The first-order chi connectivity index (χ1) is 9.27. The molecule has 3 heteroatoms. The van der Waals surface area contributed by atoms with Gasteiger partial charge in [-0.05, 0) is 28.0 Å². The monoisotopic (exact) mass is 268 g/mol. The summed E-state index contributed by atoms with van der Waals surface area (Å²) in [6.45, 7) is 0. The zero-order valence-electron chi connectivity index (χ0n) is 10.3. The fraction of sp³-hybridized carbons (Fsp3) is 0.0625. The molecule has 2 nitrogen and oxygen atoms in total. The molecule has 0 fully saturated rings. The normalized spacial score (nSPS) is 12.5. The van der Waals surface area contributed by atoms with E-state index in [9.17, 15) is 0 Å². The smallest absolute Gasteiger partial charge is 0.0640 e. The average Bonchev–Trinajstić information content (AvgIpc) is 2.46.